The molecular formula is C20H15ClIN3O3. The number of benzene rings is 2. The number of carbonyl (C=O) groups is 2. The standard InChI is InChI=1S/C20H15ClIN3O3/c21-15-5-1-14(2-6-15)20(27)23-12-19(26)25-24-11-17-9-10-18(28-17)13-3-7-16(22)8-4-13/h1-11H,12H2,(H,23,27)(H,25,26)/b24-11+. The van der Waals surface area contributed by atoms with Gasteiger partial charge in [-0.2, -0.15) is 5.10 Å². The number of hydrogen-bond donors (Lipinski definition) is 2. The Bertz CT molecular complexity index is 998. The lowest BCUT2D eigenvalue weighted by Gasteiger charge is -2.04. The molecule has 0 saturated carbocycles. The number of carbonyl (C=O) groups excluding carboxylic acids is 2. The van der Waals surface area contributed by atoms with Gasteiger partial charge in [0.05, 0.1) is 12.8 Å². The van der Waals surface area contributed by atoms with Crippen LogP contribution in [0.4, 0.5) is 0 Å². The summed E-state index contributed by atoms with van der Waals surface area (Å²) in [5.41, 5.74) is 3.71. The summed E-state index contributed by atoms with van der Waals surface area (Å²) in [7, 11) is 0. The molecule has 0 aliphatic carbocycles. The van der Waals surface area contributed by atoms with Gasteiger partial charge in [0, 0.05) is 19.7 Å². The van der Waals surface area contributed by atoms with Crippen molar-refractivity contribution in [3.63, 3.8) is 0 Å². The Balaban J connectivity index is 1.48. The number of furan rings is 1. The third-order valence-electron chi connectivity index (χ3n) is 3.65. The first-order valence-corrected chi connectivity index (χ1v) is 9.68. The Morgan fingerprint density at radius 2 is 1.75 bits per heavy atom. The average Bonchev–Trinajstić information content (AvgIpc) is 3.16. The molecule has 142 valence electrons. The summed E-state index contributed by atoms with van der Waals surface area (Å²) in [6.45, 7) is -0.204. The summed E-state index contributed by atoms with van der Waals surface area (Å²) in [6, 6.07) is 17.9. The van der Waals surface area contributed by atoms with E-state index < -0.39 is 5.91 Å². The van der Waals surface area contributed by atoms with Crippen LogP contribution >= 0.6 is 34.2 Å². The molecule has 1 aromatic heterocycles. The summed E-state index contributed by atoms with van der Waals surface area (Å²) in [6.07, 6.45) is 1.40. The third-order valence-corrected chi connectivity index (χ3v) is 4.62. The van der Waals surface area contributed by atoms with E-state index in [-0.39, 0.29) is 12.5 Å². The summed E-state index contributed by atoms with van der Waals surface area (Å²) in [5.74, 6) is 0.380. The fourth-order valence-electron chi connectivity index (χ4n) is 2.26. The summed E-state index contributed by atoms with van der Waals surface area (Å²) < 4.78 is 6.81. The van der Waals surface area contributed by atoms with E-state index in [0.29, 0.717) is 22.1 Å². The molecule has 6 nitrogen and oxygen atoms in total. The zero-order valence-corrected chi connectivity index (χ0v) is 17.4. The molecule has 0 fully saturated rings. The van der Waals surface area contributed by atoms with Gasteiger partial charge in [-0.05, 0) is 71.1 Å². The Hall–Kier alpha value is -2.65. The molecule has 0 bridgehead atoms. The molecule has 0 unspecified atom stereocenters. The minimum atomic E-state index is -0.456. The highest BCUT2D eigenvalue weighted by atomic mass is 127. The molecule has 1 heterocycles. The van der Waals surface area contributed by atoms with Gasteiger partial charge < -0.3 is 9.73 Å². The molecule has 0 saturated heterocycles. The molecule has 0 spiro atoms. The van der Waals surface area contributed by atoms with Gasteiger partial charge in [0.15, 0.2) is 0 Å². The monoisotopic (exact) mass is 507 g/mol. The van der Waals surface area contributed by atoms with Crippen LogP contribution in [0.15, 0.2) is 70.2 Å². The smallest absolute Gasteiger partial charge is 0.259 e. The van der Waals surface area contributed by atoms with E-state index in [2.05, 4.69) is 38.4 Å². The van der Waals surface area contributed by atoms with E-state index in [1.807, 2.05) is 30.3 Å². The Kier molecular flexibility index (Phi) is 6.83. The first-order valence-electron chi connectivity index (χ1n) is 8.23. The molecular weight excluding hydrogens is 493 g/mol. The first kappa shape index (κ1) is 20.1. The minimum absolute atomic E-state index is 0.204. The quantitative estimate of drug-likeness (QED) is 0.300. The van der Waals surface area contributed by atoms with Crippen LogP contribution in [0.5, 0.6) is 0 Å². The Morgan fingerprint density at radius 3 is 2.46 bits per heavy atom. The fourth-order valence-corrected chi connectivity index (χ4v) is 2.75. The SMILES string of the molecule is O=C(CNC(=O)c1ccc(Cl)cc1)N/N=C/c1ccc(-c2ccc(I)cc2)o1. The molecule has 0 aliphatic rings. The van der Waals surface area contributed by atoms with Crippen LogP contribution in [0.1, 0.15) is 16.1 Å². The van der Waals surface area contributed by atoms with E-state index in [4.69, 9.17) is 16.0 Å². The Morgan fingerprint density at radius 1 is 1.04 bits per heavy atom. The van der Waals surface area contributed by atoms with Crippen molar-refractivity contribution in [2.24, 2.45) is 5.10 Å². The molecule has 2 aromatic carbocycles. The fraction of sp³-hybridized carbons (Fsp3) is 0.0500. The minimum Gasteiger partial charge on any atom is -0.455 e. The number of halogens is 2. The molecule has 2 amide bonds. The van der Waals surface area contributed by atoms with E-state index in [1.54, 1.807) is 30.3 Å². The number of hydrogen-bond acceptors (Lipinski definition) is 4. The van der Waals surface area contributed by atoms with Gasteiger partial charge in [0.1, 0.15) is 11.5 Å². The highest BCUT2D eigenvalue weighted by Gasteiger charge is 2.07. The molecule has 28 heavy (non-hydrogen) atoms. The molecule has 3 rings (SSSR count). The number of rotatable bonds is 6. The number of nitrogens with one attached hydrogen (secondary N) is 2. The predicted molar refractivity (Wildman–Crippen MR) is 116 cm³/mol. The van der Waals surface area contributed by atoms with Crippen molar-refractivity contribution in [2.45, 2.75) is 0 Å². The van der Waals surface area contributed by atoms with E-state index in [1.165, 1.54) is 6.21 Å². The molecule has 8 heteroatoms. The van der Waals surface area contributed by atoms with E-state index in [0.717, 1.165) is 9.13 Å². The van der Waals surface area contributed by atoms with Crippen molar-refractivity contribution in [2.75, 3.05) is 6.54 Å². The van der Waals surface area contributed by atoms with Crippen molar-refractivity contribution < 1.29 is 14.0 Å². The Labute approximate surface area is 180 Å². The summed E-state index contributed by atoms with van der Waals surface area (Å²) in [5, 5.41) is 6.88. The lowest BCUT2D eigenvalue weighted by molar-refractivity contribution is -0.120. The second kappa shape index (κ2) is 9.52. The van der Waals surface area contributed by atoms with Crippen LogP contribution in [0.3, 0.4) is 0 Å². The maximum absolute atomic E-state index is 11.9. The molecule has 0 atom stereocenters. The van der Waals surface area contributed by atoms with Gasteiger partial charge in [0.25, 0.3) is 11.8 Å². The van der Waals surface area contributed by atoms with Crippen molar-refractivity contribution in [1.82, 2.24) is 10.7 Å². The third kappa shape index (κ3) is 5.67. The van der Waals surface area contributed by atoms with Gasteiger partial charge in [-0.3, -0.25) is 9.59 Å². The highest BCUT2D eigenvalue weighted by molar-refractivity contribution is 14.1. The molecule has 2 N–H and O–H groups in total. The second-order valence-electron chi connectivity index (χ2n) is 5.69. The molecule has 0 aliphatic heterocycles. The first-order chi connectivity index (χ1) is 13.5. The zero-order chi connectivity index (χ0) is 19.9. The van der Waals surface area contributed by atoms with Crippen molar-refractivity contribution in [1.29, 1.82) is 0 Å². The molecule has 3 aromatic rings. The normalized spacial score (nSPS) is 10.8. The summed E-state index contributed by atoms with van der Waals surface area (Å²) in [4.78, 5) is 23.7. The average molecular weight is 508 g/mol. The van der Waals surface area contributed by atoms with Crippen LogP contribution < -0.4 is 10.7 Å². The van der Waals surface area contributed by atoms with Crippen LogP contribution in [-0.2, 0) is 4.79 Å². The van der Waals surface area contributed by atoms with Crippen molar-refractivity contribution in [3.8, 4) is 11.3 Å². The van der Waals surface area contributed by atoms with Crippen LogP contribution in [0, 0.1) is 3.57 Å². The van der Waals surface area contributed by atoms with Gasteiger partial charge in [-0.15, -0.1) is 0 Å². The predicted octanol–water partition coefficient (Wildman–Crippen LogP) is 4.08. The summed E-state index contributed by atoms with van der Waals surface area (Å²) >= 11 is 8.01. The lowest BCUT2D eigenvalue weighted by Crippen LogP contribution is -2.34. The van der Waals surface area contributed by atoms with Crippen molar-refractivity contribution >= 4 is 52.2 Å². The van der Waals surface area contributed by atoms with Gasteiger partial charge in [0.2, 0.25) is 0 Å². The highest BCUT2D eigenvalue weighted by Crippen LogP contribution is 2.22. The largest absolute Gasteiger partial charge is 0.455 e. The number of nitrogens with zero attached hydrogens (tertiary/aromatic N) is 1. The van der Waals surface area contributed by atoms with Gasteiger partial charge in [-0.1, -0.05) is 23.7 Å². The van der Waals surface area contributed by atoms with E-state index >= 15 is 0 Å². The van der Waals surface area contributed by atoms with Gasteiger partial charge in [-0.25, -0.2) is 5.43 Å². The topological polar surface area (TPSA) is 83.7 Å². The van der Waals surface area contributed by atoms with Crippen LogP contribution in [-0.4, -0.2) is 24.6 Å². The van der Waals surface area contributed by atoms with Crippen LogP contribution in [0.2, 0.25) is 5.02 Å². The van der Waals surface area contributed by atoms with E-state index in [9.17, 15) is 9.59 Å². The number of amides is 2. The number of hydrazone groups is 1. The van der Waals surface area contributed by atoms with Crippen LogP contribution in [0.25, 0.3) is 11.3 Å². The van der Waals surface area contributed by atoms with Gasteiger partial charge >= 0.3 is 0 Å². The lowest BCUT2D eigenvalue weighted by atomic mass is 10.2. The van der Waals surface area contributed by atoms with Crippen molar-refractivity contribution in [3.05, 3.63) is 80.6 Å². The zero-order valence-electron chi connectivity index (χ0n) is 14.5. The maximum Gasteiger partial charge on any atom is 0.259 e. The maximum atomic E-state index is 11.9. The second-order valence-corrected chi connectivity index (χ2v) is 7.37. The molecule has 0 radical (unpaired) electrons.